The van der Waals surface area contributed by atoms with Gasteiger partial charge in [0.2, 0.25) is 0 Å². The lowest BCUT2D eigenvalue weighted by Gasteiger charge is -2.26. The Kier molecular flexibility index (Phi) is 4.90. The standard InChI is InChI=1S/C17H20ClN3O/c18-15-6-4-14(5-7-15)16-8-9-17(22)21(19-16)13-12-20-10-2-1-3-11-20/h4-9H,1-3,10-13H2. The summed E-state index contributed by atoms with van der Waals surface area (Å²) >= 11 is 5.91. The summed E-state index contributed by atoms with van der Waals surface area (Å²) in [7, 11) is 0. The maximum atomic E-state index is 12.0. The number of rotatable bonds is 4. The van der Waals surface area contributed by atoms with Crippen LogP contribution >= 0.6 is 11.6 Å². The lowest BCUT2D eigenvalue weighted by atomic mass is 10.1. The highest BCUT2D eigenvalue weighted by molar-refractivity contribution is 6.30. The summed E-state index contributed by atoms with van der Waals surface area (Å²) in [6.07, 6.45) is 3.83. The number of nitrogens with zero attached hydrogens (tertiary/aromatic N) is 3. The highest BCUT2D eigenvalue weighted by Crippen LogP contribution is 2.18. The van der Waals surface area contributed by atoms with Gasteiger partial charge in [0.05, 0.1) is 12.2 Å². The van der Waals surface area contributed by atoms with E-state index in [1.807, 2.05) is 24.3 Å². The third-order valence-corrected chi connectivity index (χ3v) is 4.34. The number of hydrogen-bond donors (Lipinski definition) is 0. The molecule has 1 aromatic carbocycles. The molecule has 0 amide bonds. The Morgan fingerprint density at radius 3 is 2.41 bits per heavy atom. The molecule has 1 aliphatic rings. The number of aromatic nitrogens is 2. The van der Waals surface area contributed by atoms with E-state index < -0.39 is 0 Å². The smallest absolute Gasteiger partial charge is 0.266 e. The minimum absolute atomic E-state index is 0.0466. The predicted molar refractivity (Wildman–Crippen MR) is 89.2 cm³/mol. The van der Waals surface area contributed by atoms with Crippen molar-refractivity contribution in [2.45, 2.75) is 25.8 Å². The van der Waals surface area contributed by atoms with Gasteiger partial charge in [-0.2, -0.15) is 5.10 Å². The van der Waals surface area contributed by atoms with Gasteiger partial charge in [-0.15, -0.1) is 0 Å². The SMILES string of the molecule is O=c1ccc(-c2ccc(Cl)cc2)nn1CCN1CCCCC1. The molecule has 0 spiro atoms. The molecule has 2 heterocycles. The molecule has 2 aromatic rings. The Morgan fingerprint density at radius 1 is 0.955 bits per heavy atom. The Labute approximate surface area is 135 Å². The zero-order valence-corrected chi connectivity index (χ0v) is 13.3. The van der Waals surface area contributed by atoms with E-state index in [4.69, 9.17) is 11.6 Å². The number of likely N-dealkylation sites (tertiary alicyclic amines) is 1. The molecule has 22 heavy (non-hydrogen) atoms. The van der Waals surface area contributed by atoms with Crippen molar-refractivity contribution in [3.8, 4) is 11.3 Å². The van der Waals surface area contributed by atoms with E-state index >= 15 is 0 Å². The average molecular weight is 318 g/mol. The number of benzene rings is 1. The van der Waals surface area contributed by atoms with Gasteiger partial charge in [-0.05, 0) is 44.1 Å². The van der Waals surface area contributed by atoms with Crippen molar-refractivity contribution in [2.24, 2.45) is 0 Å². The largest absolute Gasteiger partial charge is 0.301 e. The molecular weight excluding hydrogens is 298 g/mol. The fraction of sp³-hybridized carbons (Fsp3) is 0.412. The second-order valence-corrected chi connectivity index (χ2v) is 6.13. The van der Waals surface area contributed by atoms with Crippen molar-refractivity contribution >= 4 is 11.6 Å². The molecule has 116 valence electrons. The van der Waals surface area contributed by atoms with Crippen LogP contribution < -0.4 is 5.56 Å². The van der Waals surface area contributed by atoms with Gasteiger partial charge in [0.25, 0.3) is 5.56 Å². The third-order valence-electron chi connectivity index (χ3n) is 4.08. The van der Waals surface area contributed by atoms with Crippen LogP contribution in [-0.2, 0) is 6.54 Å². The van der Waals surface area contributed by atoms with Crippen molar-refractivity contribution in [1.29, 1.82) is 0 Å². The van der Waals surface area contributed by atoms with Crippen LogP contribution in [0.1, 0.15) is 19.3 Å². The second-order valence-electron chi connectivity index (χ2n) is 5.69. The van der Waals surface area contributed by atoms with E-state index in [1.165, 1.54) is 19.3 Å². The second kappa shape index (κ2) is 7.07. The molecule has 0 atom stereocenters. The van der Waals surface area contributed by atoms with Crippen molar-refractivity contribution in [3.05, 3.63) is 51.8 Å². The summed E-state index contributed by atoms with van der Waals surface area (Å²) in [5, 5.41) is 5.19. The number of halogens is 1. The molecule has 0 bridgehead atoms. The van der Waals surface area contributed by atoms with Gasteiger partial charge in [-0.25, -0.2) is 4.68 Å². The Hall–Kier alpha value is -1.65. The van der Waals surface area contributed by atoms with E-state index in [0.717, 1.165) is 30.9 Å². The minimum Gasteiger partial charge on any atom is -0.301 e. The van der Waals surface area contributed by atoms with Crippen molar-refractivity contribution in [2.75, 3.05) is 19.6 Å². The van der Waals surface area contributed by atoms with Crippen LogP contribution in [0.4, 0.5) is 0 Å². The highest BCUT2D eigenvalue weighted by atomic mass is 35.5. The van der Waals surface area contributed by atoms with Crippen LogP contribution in [-0.4, -0.2) is 34.3 Å². The average Bonchev–Trinajstić information content (AvgIpc) is 2.56. The number of piperidine rings is 1. The molecule has 1 fully saturated rings. The maximum absolute atomic E-state index is 12.0. The molecule has 4 nitrogen and oxygen atoms in total. The quantitative estimate of drug-likeness (QED) is 0.870. The molecule has 0 radical (unpaired) electrons. The lowest BCUT2D eigenvalue weighted by Crippen LogP contribution is -2.35. The molecule has 0 N–H and O–H groups in total. The Morgan fingerprint density at radius 2 is 1.68 bits per heavy atom. The van der Waals surface area contributed by atoms with Gasteiger partial charge in [-0.3, -0.25) is 4.79 Å². The topological polar surface area (TPSA) is 38.1 Å². The van der Waals surface area contributed by atoms with Gasteiger partial charge < -0.3 is 4.90 Å². The van der Waals surface area contributed by atoms with Crippen LogP contribution in [0.5, 0.6) is 0 Å². The van der Waals surface area contributed by atoms with Crippen LogP contribution in [0.15, 0.2) is 41.2 Å². The first-order valence-electron chi connectivity index (χ1n) is 7.79. The molecular formula is C17H20ClN3O. The van der Waals surface area contributed by atoms with Gasteiger partial charge in [0, 0.05) is 23.2 Å². The molecule has 5 heteroatoms. The zero-order valence-electron chi connectivity index (χ0n) is 12.5. The normalized spacial score (nSPS) is 15.9. The molecule has 1 aromatic heterocycles. The minimum atomic E-state index is -0.0466. The fourth-order valence-corrected chi connectivity index (χ4v) is 2.93. The van der Waals surface area contributed by atoms with Crippen LogP contribution in [0.25, 0.3) is 11.3 Å². The van der Waals surface area contributed by atoms with Crippen molar-refractivity contribution in [3.63, 3.8) is 0 Å². The lowest BCUT2D eigenvalue weighted by molar-refractivity contribution is 0.216. The summed E-state index contributed by atoms with van der Waals surface area (Å²) in [5.41, 5.74) is 1.72. The molecule has 0 saturated carbocycles. The summed E-state index contributed by atoms with van der Waals surface area (Å²) in [5.74, 6) is 0. The summed E-state index contributed by atoms with van der Waals surface area (Å²) in [6.45, 7) is 3.79. The van der Waals surface area contributed by atoms with Gasteiger partial charge in [0.15, 0.2) is 0 Å². The highest BCUT2D eigenvalue weighted by Gasteiger charge is 2.10. The molecule has 1 saturated heterocycles. The first-order chi connectivity index (χ1) is 10.7. The molecule has 0 unspecified atom stereocenters. The molecule has 0 aliphatic carbocycles. The first-order valence-corrected chi connectivity index (χ1v) is 8.17. The van der Waals surface area contributed by atoms with E-state index in [1.54, 1.807) is 16.8 Å². The fourth-order valence-electron chi connectivity index (χ4n) is 2.80. The first kappa shape index (κ1) is 15.3. The molecule has 1 aliphatic heterocycles. The van der Waals surface area contributed by atoms with Crippen LogP contribution in [0, 0.1) is 0 Å². The van der Waals surface area contributed by atoms with Crippen LogP contribution in [0.2, 0.25) is 5.02 Å². The third kappa shape index (κ3) is 3.76. The number of hydrogen-bond acceptors (Lipinski definition) is 3. The summed E-state index contributed by atoms with van der Waals surface area (Å²) < 4.78 is 1.57. The van der Waals surface area contributed by atoms with Gasteiger partial charge >= 0.3 is 0 Å². The maximum Gasteiger partial charge on any atom is 0.266 e. The monoisotopic (exact) mass is 317 g/mol. The van der Waals surface area contributed by atoms with E-state index in [9.17, 15) is 4.79 Å². The van der Waals surface area contributed by atoms with Gasteiger partial charge in [-0.1, -0.05) is 30.2 Å². The van der Waals surface area contributed by atoms with Crippen LogP contribution in [0.3, 0.4) is 0 Å². The Balaban J connectivity index is 1.74. The summed E-state index contributed by atoms with van der Waals surface area (Å²) in [6, 6.07) is 10.9. The molecule has 3 rings (SSSR count). The summed E-state index contributed by atoms with van der Waals surface area (Å²) in [4.78, 5) is 14.4. The Bertz CT molecular complexity index is 675. The van der Waals surface area contributed by atoms with E-state index in [0.29, 0.717) is 11.6 Å². The van der Waals surface area contributed by atoms with E-state index in [-0.39, 0.29) is 5.56 Å². The van der Waals surface area contributed by atoms with Gasteiger partial charge in [0.1, 0.15) is 0 Å². The zero-order chi connectivity index (χ0) is 15.4. The predicted octanol–water partition coefficient (Wildman–Crippen LogP) is 3.05. The van der Waals surface area contributed by atoms with Crippen molar-refractivity contribution < 1.29 is 0 Å². The van der Waals surface area contributed by atoms with Crippen molar-refractivity contribution in [1.82, 2.24) is 14.7 Å². The van der Waals surface area contributed by atoms with E-state index in [2.05, 4.69) is 10.00 Å².